The fraction of sp³-hybridized carbons (Fsp3) is 0.150. The maximum absolute atomic E-state index is 12.3. The zero-order chi connectivity index (χ0) is 19.2. The largest absolute Gasteiger partial charge is 0.486 e. The summed E-state index contributed by atoms with van der Waals surface area (Å²) in [5, 5.41) is 13.5. The van der Waals surface area contributed by atoms with Crippen LogP contribution in [0.2, 0.25) is 0 Å². The molecule has 1 N–H and O–H groups in total. The highest BCUT2D eigenvalue weighted by molar-refractivity contribution is 5.91. The van der Waals surface area contributed by atoms with E-state index in [0.29, 0.717) is 11.5 Å². The highest BCUT2D eigenvalue weighted by atomic mass is 16.6. The monoisotopic (exact) mass is 366 g/mol. The average Bonchev–Trinajstić information content (AvgIpc) is 3.16. The summed E-state index contributed by atoms with van der Waals surface area (Å²) in [6.07, 6.45) is 0. The van der Waals surface area contributed by atoms with Gasteiger partial charge in [0, 0.05) is 12.1 Å². The minimum atomic E-state index is -0.475. The van der Waals surface area contributed by atoms with Gasteiger partial charge in [0.25, 0.3) is 11.6 Å². The molecule has 1 heterocycles. The van der Waals surface area contributed by atoms with Gasteiger partial charge in [-0.2, -0.15) is 0 Å². The van der Waals surface area contributed by atoms with Gasteiger partial charge in [-0.05, 0) is 36.8 Å². The third-order valence-electron chi connectivity index (χ3n) is 3.96. The second kappa shape index (κ2) is 8.18. The van der Waals surface area contributed by atoms with Crippen molar-refractivity contribution in [3.63, 3.8) is 0 Å². The van der Waals surface area contributed by atoms with E-state index in [1.54, 1.807) is 12.1 Å². The Bertz CT molecular complexity index is 919. The zero-order valence-electron chi connectivity index (χ0n) is 14.6. The van der Waals surface area contributed by atoms with Crippen molar-refractivity contribution in [1.29, 1.82) is 0 Å². The van der Waals surface area contributed by atoms with E-state index in [1.807, 2.05) is 37.3 Å². The predicted octanol–water partition coefficient (Wildman–Crippen LogP) is 4.26. The van der Waals surface area contributed by atoms with Crippen LogP contribution in [0.15, 0.2) is 71.1 Å². The van der Waals surface area contributed by atoms with Crippen LogP contribution in [0.3, 0.4) is 0 Å². The number of nitro groups is 1. The van der Waals surface area contributed by atoms with Gasteiger partial charge in [0.15, 0.2) is 5.76 Å². The van der Waals surface area contributed by atoms with Gasteiger partial charge in [-0.1, -0.05) is 30.3 Å². The van der Waals surface area contributed by atoms with Crippen molar-refractivity contribution in [1.82, 2.24) is 5.32 Å². The van der Waals surface area contributed by atoms with Crippen LogP contribution in [0.4, 0.5) is 5.69 Å². The minimum absolute atomic E-state index is 0.00755. The molecule has 1 unspecified atom stereocenters. The lowest BCUT2D eigenvalue weighted by molar-refractivity contribution is -0.384. The van der Waals surface area contributed by atoms with E-state index in [2.05, 4.69) is 5.32 Å². The van der Waals surface area contributed by atoms with Gasteiger partial charge in [0.05, 0.1) is 11.0 Å². The van der Waals surface area contributed by atoms with Gasteiger partial charge in [0.1, 0.15) is 18.1 Å². The van der Waals surface area contributed by atoms with Crippen LogP contribution in [0.5, 0.6) is 5.75 Å². The summed E-state index contributed by atoms with van der Waals surface area (Å²) in [6.45, 7) is 2.01. The van der Waals surface area contributed by atoms with Crippen LogP contribution in [0, 0.1) is 10.1 Å². The first-order chi connectivity index (χ1) is 13.0. The van der Waals surface area contributed by atoms with Gasteiger partial charge in [0.2, 0.25) is 0 Å². The molecule has 1 aromatic heterocycles. The van der Waals surface area contributed by atoms with Gasteiger partial charge in [-0.15, -0.1) is 0 Å². The Morgan fingerprint density at radius 1 is 1.11 bits per heavy atom. The Balaban J connectivity index is 1.56. The first-order valence-corrected chi connectivity index (χ1v) is 8.34. The molecule has 0 aliphatic carbocycles. The number of benzene rings is 2. The molecule has 7 nitrogen and oxygen atoms in total. The molecule has 0 spiro atoms. The topological polar surface area (TPSA) is 94.6 Å². The molecule has 7 heteroatoms. The predicted molar refractivity (Wildman–Crippen MR) is 98.5 cm³/mol. The number of furan rings is 1. The lowest BCUT2D eigenvalue weighted by atomic mass is 10.1. The normalized spacial score (nSPS) is 11.6. The van der Waals surface area contributed by atoms with Crippen molar-refractivity contribution >= 4 is 11.6 Å². The fourth-order valence-electron chi connectivity index (χ4n) is 2.49. The Kier molecular flexibility index (Phi) is 5.51. The number of nitro benzene ring substituents is 1. The Morgan fingerprint density at radius 3 is 2.48 bits per heavy atom. The lowest BCUT2D eigenvalue weighted by Gasteiger charge is -2.13. The molecule has 0 saturated heterocycles. The third-order valence-corrected chi connectivity index (χ3v) is 3.96. The highest BCUT2D eigenvalue weighted by Gasteiger charge is 2.15. The zero-order valence-corrected chi connectivity index (χ0v) is 14.6. The number of rotatable bonds is 7. The van der Waals surface area contributed by atoms with E-state index in [9.17, 15) is 14.9 Å². The highest BCUT2D eigenvalue weighted by Crippen LogP contribution is 2.19. The number of non-ortho nitro benzene ring substituents is 1. The van der Waals surface area contributed by atoms with Crippen LogP contribution in [0.25, 0.3) is 0 Å². The molecule has 0 saturated carbocycles. The number of carbonyl (C=O) groups excluding carboxylic acids is 1. The van der Waals surface area contributed by atoms with Gasteiger partial charge >= 0.3 is 0 Å². The molecule has 27 heavy (non-hydrogen) atoms. The maximum Gasteiger partial charge on any atom is 0.287 e. The molecule has 1 atom stereocenters. The number of hydrogen-bond acceptors (Lipinski definition) is 5. The smallest absolute Gasteiger partial charge is 0.287 e. The van der Waals surface area contributed by atoms with Gasteiger partial charge in [-0.3, -0.25) is 14.9 Å². The van der Waals surface area contributed by atoms with Crippen LogP contribution < -0.4 is 10.1 Å². The molecule has 0 fully saturated rings. The first kappa shape index (κ1) is 18.2. The second-order valence-electron chi connectivity index (χ2n) is 5.91. The van der Waals surface area contributed by atoms with E-state index in [-0.39, 0.29) is 30.0 Å². The summed E-state index contributed by atoms with van der Waals surface area (Å²) >= 11 is 0. The van der Waals surface area contributed by atoms with Gasteiger partial charge in [-0.25, -0.2) is 0 Å². The minimum Gasteiger partial charge on any atom is -0.486 e. The van der Waals surface area contributed by atoms with Crippen LogP contribution >= 0.6 is 0 Å². The average molecular weight is 366 g/mol. The summed E-state index contributed by atoms with van der Waals surface area (Å²) in [4.78, 5) is 22.5. The van der Waals surface area contributed by atoms with Crippen molar-refractivity contribution in [2.24, 2.45) is 0 Å². The molecule has 0 bridgehead atoms. The molecule has 1 amide bonds. The number of hydrogen-bond donors (Lipinski definition) is 1. The van der Waals surface area contributed by atoms with Crippen molar-refractivity contribution in [2.45, 2.75) is 19.6 Å². The number of nitrogens with zero attached hydrogens (tertiary/aromatic N) is 1. The van der Waals surface area contributed by atoms with E-state index >= 15 is 0 Å². The summed E-state index contributed by atoms with van der Waals surface area (Å²) in [6, 6.07) is 18.5. The number of ether oxygens (including phenoxy) is 1. The van der Waals surface area contributed by atoms with Crippen LogP contribution in [0.1, 0.15) is 34.8 Å². The Morgan fingerprint density at radius 2 is 1.81 bits per heavy atom. The van der Waals surface area contributed by atoms with E-state index in [4.69, 9.17) is 9.15 Å². The van der Waals surface area contributed by atoms with E-state index in [0.717, 1.165) is 5.56 Å². The third kappa shape index (κ3) is 4.72. The molecule has 138 valence electrons. The number of nitrogens with one attached hydrogen (secondary N) is 1. The molecule has 3 rings (SSSR count). The van der Waals surface area contributed by atoms with Crippen LogP contribution in [-0.2, 0) is 6.61 Å². The van der Waals surface area contributed by atoms with Gasteiger partial charge < -0.3 is 14.5 Å². The fourth-order valence-corrected chi connectivity index (χ4v) is 2.49. The molecule has 0 radical (unpaired) electrons. The Labute approximate surface area is 155 Å². The number of amides is 1. The summed E-state index contributed by atoms with van der Waals surface area (Å²) in [5.41, 5.74) is 0.992. The van der Waals surface area contributed by atoms with E-state index < -0.39 is 4.92 Å². The summed E-state index contributed by atoms with van der Waals surface area (Å²) in [5.74, 6) is 0.833. The van der Waals surface area contributed by atoms with Crippen molar-refractivity contribution in [3.8, 4) is 5.75 Å². The number of carbonyl (C=O) groups is 1. The molecule has 2 aromatic carbocycles. The van der Waals surface area contributed by atoms with Crippen molar-refractivity contribution < 1.29 is 18.9 Å². The lowest BCUT2D eigenvalue weighted by Crippen LogP contribution is -2.26. The molecular formula is C20H18N2O5. The summed E-state index contributed by atoms with van der Waals surface area (Å²) in [7, 11) is 0. The molecular weight excluding hydrogens is 348 g/mol. The molecule has 0 aliphatic heterocycles. The van der Waals surface area contributed by atoms with Crippen LogP contribution in [-0.4, -0.2) is 10.8 Å². The van der Waals surface area contributed by atoms with E-state index in [1.165, 1.54) is 24.3 Å². The standard InChI is InChI=1S/C20H18N2O5/c1-14(15-5-3-2-4-6-15)21-20(23)19-12-11-18(27-19)13-26-17-9-7-16(8-10-17)22(24)25/h2-12,14H,13H2,1H3,(H,21,23). The van der Waals surface area contributed by atoms with Crippen molar-refractivity contribution in [2.75, 3.05) is 0 Å². The SMILES string of the molecule is CC(NC(=O)c1ccc(COc2ccc([N+](=O)[O-])cc2)o1)c1ccccc1. The summed E-state index contributed by atoms with van der Waals surface area (Å²) < 4.78 is 11.0. The maximum atomic E-state index is 12.3. The second-order valence-corrected chi connectivity index (χ2v) is 5.91. The quantitative estimate of drug-likeness (QED) is 0.498. The molecule has 3 aromatic rings. The Hall–Kier alpha value is -3.61. The first-order valence-electron chi connectivity index (χ1n) is 8.34. The van der Waals surface area contributed by atoms with Crippen molar-refractivity contribution in [3.05, 3.63) is 93.9 Å². The molecule has 0 aliphatic rings.